The summed E-state index contributed by atoms with van der Waals surface area (Å²) in [6, 6.07) is 13.4. The van der Waals surface area contributed by atoms with E-state index in [0.717, 1.165) is 27.1 Å². The van der Waals surface area contributed by atoms with E-state index < -0.39 is 6.10 Å². The number of aliphatic hydroxyl groups is 1. The van der Waals surface area contributed by atoms with Crippen molar-refractivity contribution in [1.82, 2.24) is 15.5 Å². The molecule has 2 N–H and O–H groups in total. The zero-order valence-electron chi connectivity index (χ0n) is 15.4. The Labute approximate surface area is 184 Å². The largest absolute Gasteiger partial charge is 0.491 e. The smallest absolute Gasteiger partial charge is 0.178 e. The van der Waals surface area contributed by atoms with Crippen LogP contribution in [0.5, 0.6) is 5.75 Å². The monoisotopic (exact) mass is 453 g/mol. The first-order chi connectivity index (χ1) is 13.3. The van der Waals surface area contributed by atoms with E-state index in [2.05, 4.69) is 15.5 Å². The molecule has 0 aliphatic carbocycles. The molecule has 0 radical (unpaired) electrons. The van der Waals surface area contributed by atoms with Crippen LogP contribution in [0.25, 0.3) is 21.5 Å². The van der Waals surface area contributed by atoms with Crippen LogP contribution in [0, 0.1) is 0 Å². The van der Waals surface area contributed by atoms with Gasteiger partial charge in [-0.15, -0.1) is 36.2 Å². The number of fused-ring (bicyclic) bond motifs is 1. The minimum atomic E-state index is -0.610. The van der Waals surface area contributed by atoms with Crippen LogP contribution in [0.4, 0.5) is 0 Å². The highest BCUT2D eigenvalue weighted by Crippen LogP contribution is 2.33. The Balaban J connectivity index is 0.00000150. The third-order valence-corrected chi connectivity index (χ3v) is 4.96. The van der Waals surface area contributed by atoms with Gasteiger partial charge in [0.05, 0.1) is 0 Å². The van der Waals surface area contributed by atoms with E-state index in [1.165, 1.54) is 0 Å². The van der Waals surface area contributed by atoms with Crippen molar-refractivity contribution in [3.8, 4) is 17.0 Å². The molecular weight excluding hydrogens is 433 g/mol. The number of aromatic nitrogens is 2. The number of thiophene rings is 1. The van der Waals surface area contributed by atoms with Crippen LogP contribution >= 0.6 is 36.2 Å². The van der Waals surface area contributed by atoms with Crippen LogP contribution in [0.15, 0.2) is 64.8 Å². The van der Waals surface area contributed by atoms with Crippen LogP contribution in [-0.2, 0) is 6.54 Å². The van der Waals surface area contributed by atoms with Crippen LogP contribution in [0.1, 0.15) is 5.56 Å². The molecule has 9 heteroatoms. The van der Waals surface area contributed by atoms with E-state index in [1.807, 2.05) is 47.8 Å². The van der Waals surface area contributed by atoms with Crippen molar-refractivity contribution in [2.75, 3.05) is 13.2 Å². The molecule has 1 atom stereocenters. The molecule has 29 heavy (non-hydrogen) atoms. The molecule has 0 aliphatic rings. The molecule has 0 spiro atoms. The van der Waals surface area contributed by atoms with Gasteiger partial charge in [0.2, 0.25) is 0 Å². The molecular formula is C20H21Cl2N3O3S. The third kappa shape index (κ3) is 5.91. The van der Waals surface area contributed by atoms with E-state index in [-0.39, 0.29) is 31.4 Å². The highest BCUT2D eigenvalue weighted by molar-refractivity contribution is 7.17. The number of rotatable bonds is 8. The standard InChI is InChI=1S/C20H19N3O3S.2ClH/c24-16(12-22-11-14-3-2-7-21-10-14)13-25-17-5-1-4-15(9-17)19-20-18(26-23-19)6-8-27-20;;/h1-10,16,22,24H,11-13H2;2*1H/t16-;;/m1../s1. The SMILES string of the molecule is Cl.Cl.O[C@H](CNCc1cccnc1)COc1cccc(-c2noc3ccsc23)c1. The zero-order valence-corrected chi connectivity index (χ0v) is 17.8. The Morgan fingerprint density at radius 2 is 2.07 bits per heavy atom. The Hall–Kier alpha value is -2.16. The maximum absolute atomic E-state index is 10.1. The normalized spacial score (nSPS) is 11.5. The van der Waals surface area contributed by atoms with E-state index in [4.69, 9.17) is 9.26 Å². The van der Waals surface area contributed by atoms with E-state index in [0.29, 0.717) is 18.8 Å². The van der Waals surface area contributed by atoms with Gasteiger partial charge in [-0.05, 0) is 35.2 Å². The topological polar surface area (TPSA) is 80.4 Å². The van der Waals surface area contributed by atoms with Gasteiger partial charge in [-0.3, -0.25) is 4.98 Å². The third-order valence-electron chi connectivity index (χ3n) is 4.06. The van der Waals surface area contributed by atoms with Crippen molar-refractivity contribution in [2.24, 2.45) is 0 Å². The Bertz CT molecular complexity index is 1010. The first kappa shape index (κ1) is 23.1. The van der Waals surface area contributed by atoms with Gasteiger partial charge in [0.15, 0.2) is 5.58 Å². The molecule has 0 saturated carbocycles. The maximum atomic E-state index is 10.1. The number of pyridine rings is 1. The van der Waals surface area contributed by atoms with Gasteiger partial charge in [0.1, 0.15) is 28.9 Å². The molecule has 0 amide bonds. The summed E-state index contributed by atoms with van der Waals surface area (Å²) in [7, 11) is 0. The van der Waals surface area contributed by atoms with Crippen LogP contribution in [0.3, 0.4) is 0 Å². The van der Waals surface area contributed by atoms with E-state index >= 15 is 0 Å². The summed E-state index contributed by atoms with van der Waals surface area (Å²) in [5.74, 6) is 0.687. The second-order valence-electron chi connectivity index (χ2n) is 6.13. The number of halogens is 2. The molecule has 4 aromatic rings. The number of hydrogen-bond donors (Lipinski definition) is 2. The van der Waals surface area contributed by atoms with E-state index in [1.54, 1.807) is 23.7 Å². The molecule has 0 fully saturated rings. The van der Waals surface area contributed by atoms with Gasteiger partial charge in [-0.25, -0.2) is 0 Å². The lowest BCUT2D eigenvalue weighted by molar-refractivity contribution is 0.106. The average molecular weight is 454 g/mol. The van der Waals surface area contributed by atoms with Crippen molar-refractivity contribution >= 4 is 46.4 Å². The van der Waals surface area contributed by atoms with Crippen LogP contribution in [0.2, 0.25) is 0 Å². The zero-order chi connectivity index (χ0) is 18.5. The lowest BCUT2D eigenvalue weighted by Gasteiger charge is -2.13. The van der Waals surface area contributed by atoms with Gasteiger partial charge in [0, 0.05) is 31.0 Å². The summed E-state index contributed by atoms with van der Waals surface area (Å²) in [5.41, 5.74) is 3.60. The molecule has 0 saturated heterocycles. The summed E-state index contributed by atoms with van der Waals surface area (Å²) in [6.07, 6.45) is 2.93. The molecule has 3 heterocycles. The van der Waals surface area contributed by atoms with Crippen molar-refractivity contribution < 1.29 is 14.4 Å². The Kier molecular flexibility index (Phi) is 8.88. The molecule has 1 aromatic carbocycles. The predicted octanol–water partition coefficient (Wildman–Crippen LogP) is 4.32. The van der Waals surface area contributed by atoms with Gasteiger partial charge >= 0.3 is 0 Å². The lowest BCUT2D eigenvalue weighted by Crippen LogP contribution is -2.31. The lowest BCUT2D eigenvalue weighted by atomic mass is 10.1. The van der Waals surface area contributed by atoms with E-state index in [9.17, 15) is 5.11 Å². The quantitative estimate of drug-likeness (QED) is 0.413. The first-order valence-corrected chi connectivity index (χ1v) is 9.51. The molecule has 6 nitrogen and oxygen atoms in total. The van der Waals surface area contributed by atoms with Crippen LogP contribution in [-0.4, -0.2) is 34.5 Å². The van der Waals surface area contributed by atoms with Crippen molar-refractivity contribution in [1.29, 1.82) is 0 Å². The molecule has 154 valence electrons. The Morgan fingerprint density at radius 1 is 1.17 bits per heavy atom. The number of ether oxygens (including phenoxy) is 1. The van der Waals surface area contributed by atoms with Gasteiger partial charge in [-0.1, -0.05) is 23.4 Å². The van der Waals surface area contributed by atoms with Gasteiger partial charge in [0.25, 0.3) is 0 Å². The summed E-state index contributed by atoms with van der Waals surface area (Å²) < 4.78 is 12.1. The number of aliphatic hydroxyl groups excluding tert-OH is 1. The fourth-order valence-corrected chi connectivity index (χ4v) is 3.55. The molecule has 0 unspecified atom stereocenters. The van der Waals surface area contributed by atoms with Crippen molar-refractivity contribution in [3.63, 3.8) is 0 Å². The minimum absolute atomic E-state index is 0. The number of nitrogens with zero attached hydrogens (tertiary/aromatic N) is 2. The Morgan fingerprint density at radius 3 is 2.90 bits per heavy atom. The van der Waals surface area contributed by atoms with Gasteiger partial charge < -0.3 is 19.7 Å². The van der Waals surface area contributed by atoms with Crippen LogP contribution < -0.4 is 10.1 Å². The van der Waals surface area contributed by atoms with Crippen molar-refractivity contribution in [3.05, 3.63) is 65.8 Å². The average Bonchev–Trinajstić information content (AvgIpc) is 3.31. The van der Waals surface area contributed by atoms with Gasteiger partial charge in [-0.2, -0.15) is 0 Å². The first-order valence-electron chi connectivity index (χ1n) is 8.63. The molecule has 4 rings (SSSR count). The minimum Gasteiger partial charge on any atom is -0.491 e. The summed E-state index contributed by atoms with van der Waals surface area (Å²) in [5, 5.41) is 19.5. The molecule has 0 bridgehead atoms. The summed E-state index contributed by atoms with van der Waals surface area (Å²) in [6.45, 7) is 1.30. The van der Waals surface area contributed by atoms with Crippen molar-refractivity contribution in [2.45, 2.75) is 12.6 Å². The predicted molar refractivity (Wildman–Crippen MR) is 119 cm³/mol. The molecule has 3 aromatic heterocycles. The number of benzene rings is 1. The summed E-state index contributed by atoms with van der Waals surface area (Å²) >= 11 is 1.60. The summed E-state index contributed by atoms with van der Waals surface area (Å²) in [4.78, 5) is 4.06. The highest BCUT2D eigenvalue weighted by atomic mass is 35.5. The fraction of sp³-hybridized carbons (Fsp3) is 0.200. The molecule has 0 aliphatic heterocycles. The number of nitrogens with one attached hydrogen (secondary N) is 1. The maximum Gasteiger partial charge on any atom is 0.178 e. The fourth-order valence-electron chi connectivity index (χ4n) is 2.73. The number of hydrogen-bond acceptors (Lipinski definition) is 7. The highest BCUT2D eigenvalue weighted by Gasteiger charge is 2.12. The second kappa shape index (κ2) is 11.1. The second-order valence-corrected chi connectivity index (χ2v) is 7.05.